The molecule has 0 radical (unpaired) electrons. The van der Waals surface area contributed by atoms with Gasteiger partial charge >= 0.3 is 0 Å². The van der Waals surface area contributed by atoms with Gasteiger partial charge < -0.3 is 5.32 Å². The van der Waals surface area contributed by atoms with Crippen LogP contribution in [0.1, 0.15) is 21.6 Å². The molecule has 3 rings (SSSR count). The summed E-state index contributed by atoms with van der Waals surface area (Å²) in [6, 6.07) is 13.4. The van der Waals surface area contributed by atoms with E-state index in [2.05, 4.69) is 15.5 Å². The van der Waals surface area contributed by atoms with Crippen molar-refractivity contribution in [1.82, 2.24) is 10.2 Å². The van der Waals surface area contributed by atoms with E-state index in [1.807, 2.05) is 32.0 Å². The van der Waals surface area contributed by atoms with Crippen molar-refractivity contribution in [2.45, 2.75) is 13.8 Å². The molecule has 1 aromatic heterocycles. The van der Waals surface area contributed by atoms with E-state index in [1.54, 1.807) is 18.2 Å². The fourth-order valence-corrected chi connectivity index (χ4v) is 2.35. The summed E-state index contributed by atoms with van der Waals surface area (Å²) in [5, 5.41) is 9.68. The van der Waals surface area contributed by atoms with Crippen LogP contribution in [-0.4, -0.2) is 16.1 Å². The summed E-state index contributed by atoms with van der Waals surface area (Å²) in [6.07, 6.45) is 0. The highest BCUT2D eigenvalue weighted by molar-refractivity contribution is 6.03. The van der Waals surface area contributed by atoms with Crippen LogP contribution in [0.2, 0.25) is 0 Å². The average Bonchev–Trinajstić information content (AvgIpc) is 3.01. The van der Waals surface area contributed by atoms with Gasteiger partial charge in [0.05, 0.1) is 5.69 Å². The fraction of sp³-hybridized carbons (Fsp3) is 0.111. The molecule has 1 amide bonds. The van der Waals surface area contributed by atoms with Crippen molar-refractivity contribution in [3.63, 3.8) is 0 Å². The molecule has 0 saturated carbocycles. The number of aromatic nitrogens is 2. The summed E-state index contributed by atoms with van der Waals surface area (Å²) in [7, 11) is 0. The van der Waals surface area contributed by atoms with Crippen LogP contribution in [0.3, 0.4) is 0 Å². The number of hydrogen-bond acceptors (Lipinski definition) is 2. The van der Waals surface area contributed by atoms with E-state index in [9.17, 15) is 9.18 Å². The van der Waals surface area contributed by atoms with Crippen molar-refractivity contribution in [3.8, 4) is 11.3 Å². The van der Waals surface area contributed by atoms with E-state index < -0.39 is 0 Å². The van der Waals surface area contributed by atoms with Crippen LogP contribution < -0.4 is 5.32 Å². The third-order valence-corrected chi connectivity index (χ3v) is 3.59. The van der Waals surface area contributed by atoms with Crippen LogP contribution in [0, 0.1) is 19.7 Å². The van der Waals surface area contributed by atoms with Crippen molar-refractivity contribution in [3.05, 3.63) is 71.2 Å². The van der Waals surface area contributed by atoms with Crippen LogP contribution in [0.4, 0.5) is 10.1 Å². The lowest BCUT2D eigenvalue weighted by Crippen LogP contribution is -2.13. The van der Waals surface area contributed by atoms with Crippen molar-refractivity contribution in [1.29, 1.82) is 0 Å². The number of carbonyl (C=O) groups is 1. The number of hydrogen-bond donors (Lipinski definition) is 2. The maximum atomic E-state index is 13.0. The summed E-state index contributed by atoms with van der Waals surface area (Å²) >= 11 is 0. The Hall–Kier alpha value is -2.95. The molecule has 0 aliphatic rings. The molecule has 2 aromatic carbocycles. The predicted octanol–water partition coefficient (Wildman–Crippen LogP) is 4.08. The first-order chi connectivity index (χ1) is 11.0. The van der Waals surface area contributed by atoms with Crippen molar-refractivity contribution < 1.29 is 9.18 Å². The number of rotatable bonds is 3. The molecule has 0 fully saturated rings. The van der Waals surface area contributed by atoms with E-state index in [0.29, 0.717) is 11.4 Å². The highest BCUT2D eigenvalue weighted by Gasteiger charge is 2.12. The molecule has 23 heavy (non-hydrogen) atoms. The first-order valence-corrected chi connectivity index (χ1v) is 7.23. The molecule has 0 unspecified atom stereocenters. The molecular weight excluding hydrogens is 293 g/mol. The van der Waals surface area contributed by atoms with Gasteiger partial charge in [-0.1, -0.05) is 17.7 Å². The third kappa shape index (κ3) is 3.29. The average molecular weight is 309 g/mol. The quantitative estimate of drug-likeness (QED) is 0.765. The number of halogens is 1. The molecule has 5 heteroatoms. The topological polar surface area (TPSA) is 57.8 Å². The maximum absolute atomic E-state index is 13.0. The van der Waals surface area contributed by atoms with Gasteiger partial charge in [-0.15, -0.1) is 0 Å². The minimum absolute atomic E-state index is 0.266. The number of H-pyrrole nitrogens is 1. The molecule has 2 N–H and O–H groups in total. The third-order valence-electron chi connectivity index (χ3n) is 3.59. The molecule has 4 nitrogen and oxygen atoms in total. The van der Waals surface area contributed by atoms with E-state index in [-0.39, 0.29) is 11.7 Å². The zero-order valence-corrected chi connectivity index (χ0v) is 12.9. The van der Waals surface area contributed by atoms with Crippen molar-refractivity contribution in [2.75, 3.05) is 5.32 Å². The Bertz CT molecular complexity index is 853. The van der Waals surface area contributed by atoms with Crippen molar-refractivity contribution >= 4 is 11.6 Å². The summed E-state index contributed by atoms with van der Waals surface area (Å²) in [5.74, 6) is -0.574. The Morgan fingerprint density at radius 1 is 1.09 bits per heavy atom. The summed E-state index contributed by atoms with van der Waals surface area (Å²) < 4.78 is 13.0. The maximum Gasteiger partial charge on any atom is 0.273 e. The number of amides is 1. The second-order valence-corrected chi connectivity index (χ2v) is 5.45. The number of anilines is 1. The highest BCUT2D eigenvalue weighted by Crippen LogP contribution is 2.20. The molecule has 0 aliphatic carbocycles. The van der Waals surface area contributed by atoms with E-state index in [4.69, 9.17) is 0 Å². The molecule has 116 valence electrons. The van der Waals surface area contributed by atoms with E-state index in [1.165, 1.54) is 12.1 Å². The zero-order valence-electron chi connectivity index (χ0n) is 12.9. The van der Waals surface area contributed by atoms with Crippen LogP contribution in [0.25, 0.3) is 11.3 Å². The second kappa shape index (κ2) is 6.04. The Labute approximate surface area is 133 Å². The van der Waals surface area contributed by atoms with Gasteiger partial charge in [-0.05, 0) is 55.8 Å². The van der Waals surface area contributed by atoms with Gasteiger partial charge in [0.15, 0.2) is 0 Å². The van der Waals surface area contributed by atoms with Gasteiger partial charge in [-0.25, -0.2) is 4.39 Å². The number of benzene rings is 2. The molecule has 0 atom stereocenters. The Morgan fingerprint density at radius 2 is 1.83 bits per heavy atom. The number of nitrogens with one attached hydrogen (secondary N) is 2. The smallest absolute Gasteiger partial charge is 0.273 e. The normalized spacial score (nSPS) is 10.6. The molecule has 0 aliphatic heterocycles. The van der Waals surface area contributed by atoms with Gasteiger partial charge in [0.1, 0.15) is 11.5 Å². The van der Waals surface area contributed by atoms with Gasteiger partial charge in [0.2, 0.25) is 0 Å². The lowest BCUT2D eigenvalue weighted by molar-refractivity contribution is 0.102. The number of nitrogens with zero attached hydrogens (tertiary/aromatic N) is 1. The van der Waals surface area contributed by atoms with Gasteiger partial charge in [0, 0.05) is 11.3 Å². The zero-order chi connectivity index (χ0) is 16.4. The van der Waals surface area contributed by atoms with Crippen LogP contribution >= 0.6 is 0 Å². The van der Waals surface area contributed by atoms with Gasteiger partial charge in [0.25, 0.3) is 5.91 Å². The molecular formula is C18H16FN3O. The van der Waals surface area contributed by atoms with Crippen LogP contribution in [0.5, 0.6) is 0 Å². The Balaban J connectivity index is 1.79. The largest absolute Gasteiger partial charge is 0.320 e. The molecule has 0 bridgehead atoms. The van der Waals surface area contributed by atoms with Gasteiger partial charge in [-0.3, -0.25) is 9.89 Å². The molecule has 1 heterocycles. The number of carbonyl (C=O) groups excluding carboxylic acids is 1. The summed E-state index contributed by atoms with van der Waals surface area (Å²) in [6.45, 7) is 3.95. The standard InChI is InChI=1S/C18H16FN3O/c1-11-3-8-15(12(2)9-11)20-18(23)17-10-16(21-22-17)13-4-6-14(19)7-5-13/h3-10H,1-2H3,(H,20,23)(H,21,22). The minimum atomic E-state index is -0.308. The summed E-state index contributed by atoms with van der Waals surface area (Å²) in [4.78, 5) is 12.3. The first-order valence-electron chi connectivity index (χ1n) is 7.23. The second-order valence-electron chi connectivity index (χ2n) is 5.45. The molecule has 0 saturated heterocycles. The van der Waals surface area contributed by atoms with Crippen molar-refractivity contribution in [2.24, 2.45) is 0 Å². The van der Waals surface area contributed by atoms with Gasteiger partial charge in [-0.2, -0.15) is 5.10 Å². The summed E-state index contributed by atoms with van der Waals surface area (Å²) in [5.41, 5.74) is 4.59. The number of aromatic amines is 1. The lowest BCUT2D eigenvalue weighted by Gasteiger charge is -2.07. The predicted molar refractivity (Wildman–Crippen MR) is 87.9 cm³/mol. The van der Waals surface area contributed by atoms with E-state index >= 15 is 0 Å². The SMILES string of the molecule is Cc1ccc(NC(=O)c2cc(-c3ccc(F)cc3)n[nH]2)c(C)c1. The highest BCUT2D eigenvalue weighted by atomic mass is 19.1. The van der Waals surface area contributed by atoms with Crippen LogP contribution in [0.15, 0.2) is 48.5 Å². The van der Waals surface area contributed by atoms with Crippen LogP contribution in [-0.2, 0) is 0 Å². The Morgan fingerprint density at radius 3 is 2.52 bits per heavy atom. The molecule has 3 aromatic rings. The fourth-order valence-electron chi connectivity index (χ4n) is 2.35. The molecule has 0 spiro atoms. The minimum Gasteiger partial charge on any atom is -0.320 e. The lowest BCUT2D eigenvalue weighted by atomic mass is 10.1. The Kier molecular flexibility index (Phi) is 3.93. The van der Waals surface area contributed by atoms with E-state index in [0.717, 1.165) is 22.4 Å². The number of aryl methyl sites for hydroxylation is 2. The first kappa shape index (κ1) is 15.0. The monoisotopic (exact) mass is 309 g/mol.